The molecule has 1 heterocycles. The second-order valence-corrected chi connectivity index (χ2v) is 9.05. The molecule has 0 aromatic heterocycles. The Morgan fingerprint density at radius 1 is 1.00 bits per heavy atom. The molecule has 5 nitrogen and oxygen atoms in total. The molecule has 0 radical (unpaired) electrons. The molecule has 2 atom stereocenters. The minimum absolute atomic E-state index is 0.0639. The van der Waals surface area contributed by atoms with Crippen LogP contribution in [0.4, 0.5) is 4.39 Å². The standard InChI is InChI=1S/C26H29FN2O3/c1-15(2)18-12-13-19(21(22(18)27)16-7-4-3-5-8-16)23(25(31)24(30)17-10-11-17)29-26(32)20-9-6-14-28-20/h3-5,7-8,12-13,15,17,20,23,28H,6,9-11,14H2,1-2H3,(H,29,32). The first-order valence-electron chi connectivity index (χ1n) is 11.4. The minimum atomic E-state index is -1.22. The number of nitrogens with one attached hydrogen (secondary N) is 2. The number of carbonyl (C=O) groups excluding carboxylic acids is 3. The molecule has 2 aromatic rings. The van der Waals surface area contributed by atoms with Crippen LogP contribution in [0.2, 0.25) is 0 Å². The van der Waals surface area contributed by atoms with Gasteiger partial charge in [0.15, 0.2) is 0 Å². The van der Waals surface area contributed by atoms with Gasteiger partial charge >= 0.3 is 0 Å². The SMILES string of the molecule is CC(C)c1ccc(C(NC(=O)C2CCCN2)C(=O)C(=O)C2CC2)c(-c2ccccc2)c1F. The van der Waals surface area contributed by atoms with E-state index in [2.05, 4.69) is 10.6 Å². The fraction of sp³-hybridized carbons (Fsp3) is 0.423. The highest BCUT2D eigenvalue weighted by Crippen LogP contribution is 2.37. The van der Waals surface area contributed by atoms with Crippen LogP contribution >= 0.6 is 0 Å². The molecule has 2 N–H and O–H groups in total. The van der Waals surface area contributed by atoms with Crippen LogP contribution in [0.1, 0.15) is 62.6 Å². The number of Topliss-reactive ketones (excluding diaryl/α,β-unsaturated/α-hetero) is 2. The van der Waals surface area contributed by atoms with E-state index in [1.165, 1.54) is 0 Å². The number of benzene rings is 2. The summed E-state index contributed by atoms with van der Waals surface area (Å²) in [5.74, 6) is -2.27. The van der Waals surface area contributed by atoms with Crippen LogP contribution in [0.15, 0.2) is 42.5 Å². The van der Waals surface area contributed by atoms with Gasteiger partial charge in [-0.05, 0) is 54.8 Å². The minimum Gasteiger partial charge on any atom is -0.340 e. The smallest absolute Gasteiger partial charge is 0.237 e. The first kappa shape index (κ1) is 22.3. The van der Waals surface area contributed by atoms with E-state index in [1.807, 2.05) is 19.9 Å². The van der Waals surface area contributed by atoms with E-state index in [4.69, 9.17) is 0 Å². The van der Waals surface area contributed by atoms with Crippen molar-refractivity contribution >= 4 is 17.5 Å². The van der Waals surface area contributed by atoms with Crippen molar-refractivity contribution < 1.29 is 18.8 Å². The summed E-state index contributed by atoms with van der Waals surface area (Å²) in [6.07, 6.45) is 2.89. The highest BCUT2D eigenvalue weighted by Gasteiger charge is 2.40. The van der Waals surface area contributed by atoms with E-state index in [9.17, 15) is 14.4 Å². The van der Waals surface area contributed by atoms with Crippen LogP contribution in [0.3, 0.4) is 0 Å². The maximum atomic E-state index is 15.8. The quantitative estimate of drug-likeness (QED) is 0.612. The molecule has 32 heavy (non-hydrogen) atoms. The number of amides is 1. The fourth-order valence-electron chi connectivity index (χ4n) is 4.32. The van der Waals surface area contributed by atoms with E-state index in [-0.39, 0.29) is 23.3 Å². The average Bonchev–Trinajstić information content (AvgIpc) is 3.49. The van der Waals surface area contributed by atoms with Crippen LogP contribution in [0.5, 0.6) is 0 Å². The number of ketones is 2. The number of halogens is 1. The summed E-state index contributed by atoms with van der Waals surface area (Å²) in [6, 6.07) is 10.7. The van der Waals surface area contributed by atoms with Gasteiger partial charge in [-0.1, -0.05) is 56.3 Å². The lowest BCUT2D eigenvalue weighted by Gasteiger charge is -2.24. The van der Waals surface area contributed by atoms with Gasteiger partial charge in [-0.15, -0.1) is 0 Å². The van der Waals surface area contributed by atoms with E-state index in [0.29, 0.717) is 36.0 Å². The number of rotatable bonds is 8. The number of hydrogen-bond donors (Lipinski definition) is 2. The van der Waals surface area contributed by atoms with Gasteiger partial charge in [0, 0.05) is 11.5 Å². The van der Waals surface area contributed by atoms with Gasteiger partial charge in [0.1, 0.15) is 11.9 Å². The Bertz CT molecular complexity index is 1020. The van der Waals surface area contributed by atoms with Crippen molar-refractivity contribution in [2.24, 2.45) is 5.92 Å². The molecule has 1 aliphatic heterocycles. The van der Waals surface area contributed by atoms with Gasteiger partial charge in [0.2, 0.25) is 17.5 Å². The zero-order valence-corrected chi connectivity index (χ0v) is 18.5. The third-order valence-corrected chi connectivity index (χ3v) is 6.32. The molecule has 1 aliphatic carbocycles. The highest BCUT2D eigenvalue weighted by molar-refractivity contribution is 6.40. The predicted molar refractivity (Wildman–Crippen MR) is 121 cm³/mol. The van der Waals surface area contributed by atoms with E-state index < -0.39 is 29.5 Å². The Morgan fingerprint density at radius 3 is 2.28 bits per heavy atom. The molecular formula is C26H29FN2O3. The van der Waals surface area contributed by atoms with E-state index in [0.717, 1.165) is 13.0 Å². The van der Waals surface area contributed by atoms with E-state index >= 15 is 4.39 Å². The van der Waals surface area contributed by atoms with Gasteiger partial charge in [0.05, 0.1) is 6.04 Å². The monoisotopic (exact) mass is 436 g/mol. The zero-order chi connectivity index (χ0) is 22.8. The van der Waals surface area contributed by atoms with Crippen molar-refractivity contribution in [3.05, 3.63) is 59.4 Å². The van der Waals surface area contributed by atoms with Crippen molar-refractivity contribution in [1.82, 2.24) is 10.6 Å². The topological polar surface area (TPSA) is 75.3 Å². The lowest BCUT2D eigenvalue weighted by Crippen LogP contribution is -2.45. The predicted octanol–water partition coefficient (Wildman–Crippen LogP) is 4.07. The van der Waals surface area contributed by atoms with Gasteiger partial charge in [0.25, 0.3) is 0 Å². The Balaban J connectivity index is 1.81. The molecule has 2 unspecified atom stereocenters. The number of carbonyl (C=O) groups is 3. The Labute approximate surface area is 187 Å². The van der Waals surface area contributed by atoms with Crippen molar-refractivity contribution in [2.45, 2.75) is 57.5 Å². The molecule has 168 valence electrons. The lowest BCUT2D eigenvalue weighted by atomic mass is 9.87. The maximum Gasteiger partial charge on any atom is 0.237 e. The Morgan fingerprint density at radius 2 is 1.69 bits per heavy atom. The fourth-order valence-corrected chi connectivity index (χ4v) is 4.32. The first-order valence-corrected chi connectivity index (χ1v) is 11.4. The molecular weight excluding hydrogens is 407 g/mol. The molecule has 6 heteroatoms. The third-order valence-electron chi connectivity index (χ3n) is 6.32. The Hall–Kier alpha value is -2.86. The largest absolute Gasteiger partial charge is 0.340 e. The van der Waals surface area contributed by atoms with Crippen LogP contribution in [0, 0.1) is 11.7 Å². The van der Waals surface area contributed by atoms with Crippen LogP contribution in [-0.4, -0.2) is 30.1 Å². The maximum absolute atomic E-state index is 15.8. The molecule has 2 aromatic carbocycles. The summed E-state index contributed by atoms with van der Waals surface area (Å²) in [6.45, 7) is 4.53. The normalized spacial score (nSPS) is 19.1. The van der Waals surface area contributed by atoms with Gasteiger partial charge < -0.3 is 10.6 Å². The van der Waals surface area contributed by atoms with Crippen LogP contribution in [0.25, 0.3) is 11.1 Å². The van der Waals surface area contributed by atoms with Crippen molar-refractivity contribution in [2.75, 3.05) is 6.54 Å². The summed E-state index contributed by atoms with van der Waals surface area (Å²) < 4.78 is 15.8. The third kappa shape index (κ3) is 4.51. The van der Waals surface area contributed by atoms with Gasteiger partial charge in [-0.3, -0.25) is 14.4 Å². The van der Waals surface area contributed by atoms with Crippen molar-refractivity contribution in [1.29, 1.82) is 0 Å². The Kier molecular flexibility index (Phi) is 6.51. The van der Waals surface area contributed by atoms with Crippen LogP contribution < -0.4 is 10.6 Å². The first-order chi connectivity index (χ1) is 15.4. The summed E-state index contributed by atoms with van der Waals surface area (Å²) in [4.78, 5) is 38.9. The molecule has 4 rings (SSSR count). The average molecular weight is 437 g/mol. The second-order valence-electron chi connectivity index (χ2n) is 9.05. The summed E-state index contributed by atoms with van der Waals surface area (Å²) >= 11 is 0. The zero-order valence-electron chi connectivity index (χ0n) is 18.5. The summed E-state index contributed by atoms with van der Waals surface area (Å²) in [5.41, 5.74) is 1.71. The summed E-state index contributed by atoms with van der Waals surface area (Å²) in [5, 5.41) is 5.90. The van der Waals surface area contributed by atoms with Crippen molar-refractivity contribution in [3.63, 3.8) is 0 Å². The molecule has 1 saturated heterocycles. The lowest BCUT2D eigenvalue weighted by molar-refractivity contribution is -0.139. The second kappa shape index (κ2) is 9.33. The highest BCUT2D eigenvalue weighted by atomic mass is 19.1. The molecule has 2 fully saturated rings. The summed E-state index contributed by atoms with van der Waals surface area (Å²) in [7, 11) is 0. The van der Waals surface area contributed by atoms with Crippen molar-refractivity contribution in [3.8, 4) is 11.1 Å². The van der Waals surface area contributed by atoms with E-state index in [1.54, 1.807) is 36.4 Å². The molecule has 0 spiro atoms. The molecule has 1 amide bonds. The van der Waals surface area contributed by atoms with Gasteiger partial charge in [-0.25, -0.2) is 4.39 Å². The number of hydrogen-bond acceptors (Lipinski definition) is 4. The molecule has 1 saturated carbocycles. The molecule has 0 bridgehead atoms. The van der Waals surface area contributed by atoms with Crippen LogP contribution in [-0.2, 0) is 14.4 Å². The molecule has 2 aliphatic rings. The van der Waals surface area contributed by atoms with Gasteiger partial charge in [-0.2, -0.15) is 0 Å².